The molecule has 7 heteroatoms. The highest BCUT2D eigenvalue weighted by molar-refractivity contribution is 7.92. The number of carbonyl (C=O) groups excluding carboxylic acids is 1. The first-order chi connectivity index (χ1) is 10.8. The summed E-state index contributed by atoms with van der Waals surface area (Å²) in [6.07, 6.45) is 5.65. The average Bonchev–Trinajstić information content (AvgIpc) is 2.97. The van der Waals surface area contributed by atoms with Gasteiger partial charge >= 0.3 is 0 Å². The predicted molar refractivity (Wildman–Crippen MR) is 93.3 cm³/mol. The van der Waals surface area contributed by atoms with Crippen molar-refractivity contribution in [2.45, 2.75) is 51.1 Å². The Hall–Kier alpha value is -1.27. The number of rotatable bonds is 6. The van der Waals surface area contributed by atoms with Crippen LogP contribution in [0.3, 0.4) is 0 Å². The van der Waals surface area contributed by atoms with Crippen LogP contribution in [0.5, 0.6) is 0 Å². The van der Waals surface area contributed by atoms with Crippen LogP contribution in [-0.4, -0.2) is 32.7 Å². The van der Waals surface area contributed by atoms with Crippen LogP contribution < -0.4 is 9.62 Å². The monoisotopic (exact) mass is 358 g/mol. The molecule has 0 aliphatic heterocycles. The molecule has 1 aromatic carbocycles. The summed E-state index contributed by atoms with van der Waals surface area (Å²) in [5.41, 5.74) is 0.449. The number of anilines is 1. The van der Waals surface area contributed by atoms with Crippen molar-refractivity contribution in [3.63, 3.8) is 0 Å². The van der Waals surface area contributed by atoms with Crippen molar-refractivity contribution in [2.75, 3.05) is 10.6 Å². The predicted octanol–water partition coefficient (Wildman–Crippen LogP) is 2.94. The number of halogens is 1. The second kappa shape index (κ2) is 7.53. The van der Waals surface area contributed by atoms with Gasteiger partial charge in [0.25, 0.3) is 0 Å². The minimum Gasteiger partial charge on any atom is -0.352 e. The van der Waals surface area contributed by atoms with Crippen LogP contribution in [0.25, 0.3) is 0 Å². The average molecular weight is 359 g/mol. The maximum Gasteiger partial charge on any atom is 0.244 e. The number of hydrogen-bond acceptors (Lipinski definition) is 3. The van der Waals surface area contributed by atoms with E-state index < -0.39 is 16.1 Å². The van der Waals surface area contributed by atoms with Gasteiger partial charge in [0, 0.05) is 11.1 Å². The molecule has 1 aromatic rings. The molecule has 1 saturated carbocycles. The van der Waals surface area contributed by atoms with Gasteiger partial charge in [-0.15, -0.1) is 0 Å². The third-order valence-electron chi connectivity index (χ3n) is 4.11. The van der Waals surface area contributed by atoms with Crippen molar-refractivity contribution in [1.29, 1.82) is 0 Å². The summed E-state index contributed by atoms with van der Waals surface area (Å²) in [7, 11) is -3.59. The van der Waals surface area contributed by atoms with Crippen molar-refractivity contribution >= 4 is 33.2 Å². The third-order valence-corrected chi connectivity index (χ3v) is 5.54. The van der Waals surface area contributed by atoms with Crippen LogP contribution in [0.4, 0.5) is 5.69 Å². The Morgan fingerprint density at radius 3 is 2.35 bits per heavy atom. The molecule has 128 valence electrons. The molecule has 1 atom stereocenters. The van der Waals surface area contributed by atoms with Crippen LogP contribution in [0.1, 0.15) is 39.0 Å². The Morgan fingerprint density at radius 1 is 1.30 bits per heavy atom. The van der Waals surface area contributed by atoms with Crippen molar-refractivity contribution in [2.24, 2.45) is 0 Å². The fourth-order valence-electron chi connectivity index (χ4n) is 3.02. The molecule has 1 aliphatic rings. The first-order valence-electron chi connectivity index (χ1n) is 7.88. The van der Waals surface area contributed by atoms with Crippen molar-refractivity contribution in [3.05, 3.63) is 29.3 Å². The van der Waals surface area contributed by atoms with Gasteiger partial charge in [-0.05, 0) is 43.5 Å². The van der Waals surface area contributed by atoms with E-state index in [4.69, 9.17) is 11.6 Å². The molecular formula is C16H23ClN2O3S. The molecule has 0 radical (unpaired) electrons. The molecule has 1 amide bonds. The first kappa shape index (κ1) is 18.1. The number of carbonyl (C=O) groups is 1. The highest BCUT2D eigenvalue weighted by Crippen LogP contribution is 2.25. The maximum atomic E-state index is 12.6. The molecule has 0 bridgehead atoms. The lowest BCUT2D eigenvalue weighted by Gasteiger charge is -2.31. The molecule has 0 unspecified atom stereocenters. The summed E-state index contributed by atoms with van der Waals surface area (Å²) in [4.78, 5) is 12.6. The van der Waals surface area contributed by atoms with E-state index in [-0.39, 0.29) is 11.9 Å². The lowest BCUT2D eigenvalue weighted by atomic mass is 10.1. The van der Waals surface area contributed by atoms with Crippen molar-refractivity contribution < 1.29 is 13.2 Å². The van der Waals surface area contributed by atoms with E-state index in [0.717, 1.165) is 31.9 Å². The van der Waals surface area contributed by atoms with Gasteiger partial charge in [0.2, 0.25) is 15.9 Å². The van der Waals surface area contributed by atoms with E-state index in [1.165, 1.54) is 4.31 Å². The smallest absolute Gasteiger partial charge is 0.244 e. The Labute approximate surface area is 143 Å². The number of nitrogens with one attached hydrogen (secondary N) is 1. The summed E-state index contributed by atoms with van der Waals surface area (Å²) in [6, 6.07) is 5.88. The quantitative estimate of drug-likeness (QED) is 0.850. The Balaban J connectivity index is 2.28. The van der Waals surface area contributed by atoms with Gasteiger partial charge in [0.15, 0.2) is 0 Å². The summed E-state index contributed by atoms with van der Waals surface area (Å²) < 4.78 is 25.7. The zero-order valence-corrected chi connectivity index (χ0v) is 15.0. The van der Waals surface area contributed by atoms with Crippen LogP contribution in [0.15, 0.2) is 24.3 Å². The molecule has 0 heterocycles. The van der Waals surface area contributed by atoms with Gasteiger partial charge in [-0.2, -0.15) is 0 Å². The zero-order chi connectivity index (χ0) is 17.0. The number of nitrogens with zero attached hydrogens (tertiary/aromatic N) is 1. The van der Waals surface area contributed by atoms with Crippen LogP contribution in [-0.2, 0) is 14.8 Å². The number of amides is 1. The largest absolute Gasteiger partial charge is 0.352 e. The highest BCUT2D eigenvalue weighted by Gasteiger charge is 2.32. The van der Waals surface area contributed by atoms with Gasteiger partial charge in [0.1, 0.15) is 6.04 Å². The first-order valence-corrected chi connectivity index (χ1v) is 10.1. The molecule has 0 saturated heterocycles. The fourth-order valence-corrected chi connectivity index (χ4v) is 4.35. The Bertz CT molecular complexity index is 640. The van der Waals surface area contributed by atoms with E-state index >= 15 is 0 Å². The van der Waals surface area contributed by atoms with E-state index in [0.29, 0.717) is 17.1 Å². The van der Waals surface area contributed by atoms with Crippen molar-refractivity contribution in [1.82, 2.24) is 5.32 Å². The molecule has 1 fully saturated rings. The summed E-state index contributed by atoms with van der Waals surface area (Å²) in [5, 5.41) is 3.51. The van der Waals surface area contributed by atoms with Gasteiger partial charge in [-0.25, -0.2) is 8.42 Å². The number of sulfonamides is 1. The normalized spacial score (nSPS) is 17.0. The van der Waals surface area contributed by atoms with Gasteiger partial charge in [-0.3, -0.25) is 9.10 Å². The minimum absolute atomic E-state index is 0.156. The minimum atomic E-state index is -3.59. The lowest BCUT2D eigenvalue weighted by molar-refractivity contribution is -0.122. The van der Waals surface area contributed by atoms with E-state index in [9.17, 15) is 13.2 Å². The molecule has 0 spiro atoms. The van der Waals surface area contributed by atoms with Crippen LogP contribution >= 0.6 is 11.6 Å². The molecule has 23 heavy (non-hydrogen) atoms. The molecule has 0 aromatic heterocycles. The van der Waals surface area contributed by atoms with Crippen LogP contribution in [0.2, 0.25) is 5.02 Å². The van der Waals surface area contributed by atoms with Gasteiger partial charge in [-0.1, -0.05) is 31.4 Å². The number of hydrogen-bond donors (Lipinski definition) is 1. The van der Waals surface area contributed by atoms with Gasteiger partial charge < -0.3 is 5.32 Å². The van der Waals surface area contributed by atoms with Crippen LogP contribution in [0, 0.1) is 0 Å². The molecule has 5 nitrogen and oxygen atoms in total. The lowest BCUT2D eigenvalue weighted by Crippen LogP contribution is -2.51. The fraction of sp³-hybridized carbons (Fsp3) is 0.562. The molecular weight excluding hydrogens is 336 g/mol. The van der Waals surface area contributed by atoms with Crippen molar-refractivity contribution in [3.8, 4) is 0 Å². The third kappa shape index (κ3) is 4.61. The Kier molecular flexibility index (Phi) is 5.92. The highest BCUT2D eigenvalue weighted by atomic mass is 35.5. The maximum absolute atomic E-state index is 12.6. The summed E-state index contributed by atoms with van der Waals surface area (Å²) in [5.74, 6) is -0.236. The standard InChI is InChI=1S/C16H23ClN2O3S/c1-3-15(16(20)18-13-6-4-5-7-13)19(23(2,21)22)14-10-8-12(17)9-11-14/h8-11,13,15H,3-7H2,1-2H3,(H,18,20)/t15-/m0/s1. The molecule has 1 aliphatic carbocycles. The SMILES string of the molecule is CC[C@@H](C(=O)NC1CCCC1)N(c1ccc(Cl)cc1)S(C)(=O)=O. The van der Waals surface area contributed by atoms with E-state index in [2.05, 4.69) is 5.32 Å². The zero-order valence-electron chi connectivity index (χ0n) is 13.5. The summed E-state index contributed by atoms with van der Waals surface area (Å²) in [6.45, 7) is 1.81. The topological polar surface area (TPSA) is 66.5 Å². The second-order valence-corrected chi connectivity index (χ2v) is 8.25. The molecule has 1 N–H and O–H groups in total. The van der Waals surface area contributed by atoms with E-state index in [1.54, 1.807) is 24.3 Å². The summed E-state index contributed by atoms with van der Waals surface area (Å²) >= 11 is 5.87. The van der Waals surface area contributed by atoms with E-state index in [1.807, 2.05) is 6.92 Å². The molecule has 2 rings (SSSR count). The van der Waals surface area contributed by atoms with Gasteiger partial charge in [0.05, 0.1) is 11.9 Å². The Morgan fingerprint density at radius 2 is 1.87 bits per heavy atom. The number of benzene rings is 1. The second-order valence-electron chi connectivity index (χ2n) is 5.95.